The van der Waals surface area contributed by atoms with Gasteiger partial charge in [0, 0.05) is 31.0 Å². The summed E-state index contributed by atoms with van der Waals surface area (Å²) in [5, 5.41) is 9.65. The number of aromatic amines is 1. The Kier molecular flexibility index (Phi) is 4.66. The van der Waals surface area contributed by atoms with Crippen molar-refractivity contribution in [2.75, 3.05) is 31.6 Å². The second-order valence-electron chi connectivity index (χ2n) is 4.12. The summed E-state index contributed by atoms with van der Waals surface area (Å²) in [5.41, 5.74) is 0.689. The molecule has 0 aromatic carbocycles. The first kappa shape index (κ1) is 13.9. The van der Waals surface area contributed by atoms with Crippen LogP contribution in [0, 0.1) is 0 Å². The summed E-state index contributed by atoms with van der Waals surface area (Å²) in [5.74, 6) is 1.88. The molecule has 0 spiro atoms. The zero-order chi connectivity index (χ0) is 13.0. The van der Waals surface area contributed by atoms with E-state index >= 15 is 0 Å². The van der Waals surface area contributed by atoms with E-state index in [1.165, 1.54) is 0 Å². The quantitative estimate of drug-likeness (QED) is 0.831. The SMILES string of the molecule is CNCc1cn[nH]c1S(=O)(=O)N1CCCSCC1. The molecule has 102 valence electrons. The molecule has 0 unspecified atom stereocenters. The molecule has 2 heterocycles. The lowest BCUT2D eigenvalue weighted by atomic mass is 10.4. The van der Waals surface area contributed by atoms with Crippen LogP contribution >= 0.6 is 11.8 Å². The van der Waals surface area contributed by atoms with Crippen molar-refractivity contribution in [2.24, 2.45) is 0 Å². The zero-order valence-electron chi connectivity index (χ0n) is 10.3. The van der Waals surface area contributed by atoms with Gasteiger partial charge >= 0.3 is 0 Å². The van der Waals surface area contributed by atoms with Crippen molar-refractivity contribution in [3.8, 4) is 0 Å². The molecule has 0 atom stereocenters. The van der Waals surface area contributed by atoms with E-state index in [2.05, 4.69) is 15.5 Å². The molecule has 1 aromatic heterocycles. The van der Waals surface area contributed by atoms with Crippen LogP contribution in [0.25, 0.3) is 0 Å². The third-order valence-electron chi connectivity index (χ3n) is 2.82. The van der Waals surface area contributed by atoms with Gasteiger partial charge in [0.25, 0.3) is 10.0 Å². The van der Waals surface area contributed by atoms with Gasteiger partial charge in [-0.2, -0.15) is 21.2 Å². The molecule has 1 fully saturated rings. The molecule has 2 rings (SSSR count). The van der Waals surface area contributed by atoms with Crippen LogP contribution in [-0.4, -0.2) is 54.6 Å². The predicted molar refractivity (Wildman–Crippen MR) is 72.1 cm³/mol. The smallest absolute Gasteiger partial charge is 0.260 e. The molecule has 1 aromatic rings. The van der Waals surface area contributed by atoms with E-state index in [0.717, 1.165) is 17.9 Å². The first-order valence-corrected chi connectivity index (χ1v) is 8.50. The summed E-state index contributed by atoms with van der Waals surface area (Å²) in [7, 11) is -1.65. The first-order chi connectivity index (χ1) is 8.66. The van der Waals surface area contributed by atoms with Gasteiger partial charge in [-0.25, -0.2) is 8.42 Å². The molecule has 2 N–H and O–H groups in total. The lowest BCUT2D eigenvalue weighted by molar-refractivity contribution is 0.431. The highest BCUT2D eigenvalue weighted by Gasteiger charge is 2.28. The third kappa shape index (κ3) is 2.87. The van der Waals surface area contributed by atoms with Gasteiger partial charge in [-0.3, -0.25) is 5.10 Å². The molecule has 8 heteroatoms. The van der Waals surface area contributed by atoms with Gasteiger partial charge in [-0.1, -0.05) is 0 Å². The Hall–Kier alpha value is -0.570. The Morgan fingerprint density at radius 2 is 2.33 bits per heavy atom. The molecule has 18 heavy (non-hydrogen) atoms. The van der Waals surface area contributed by atoms with Gasteiger partial charge in [0.2, 0.25) is 0 Å². The minimum absolute atomic E-state index is 0.226. The Balaban J connectivity index is 2.25. The Bertz CT molecular complexity index is 478. The van der Waals surface area contributed by atoms with Crippen LogP contribution in [0.15, 0.2) is 11.2 Å². The Morgan fingerprint density at radius 3 is 3.11 bits per heavy atom. The van der Waals surface area contributed by atoms with Gasteiger partial charge in [-0.15, -0.1) is 0 Å². The summed E-state index contributed by atoms with van der Waals surface area (Å²) in [6.07, 6.45) is 2.47. The third-order valence-corrected chi connectivity index (χ3v) is 5.79. The van der Waals surface area contributed by atoms with E-state index < -0.39 is 10.0 Å². The molecule has 0 aliphatic carbocycles. The monoisotopic (exact) mass is 290 g/mol. The number of aromatic nitrogens is 2. The maximum atomic E-state index is 12.5. The Labute approximate surface area is 112 Å². The number of H-pyrrole nitrogens is 1. The predicted octanol–water partition coefficient (Wildman–Crippen LogP) is 0.257. The van der Waals surface area contributed by atoms with Crippen molar-refractivity contribution >= 4 is 21.8 Å². The van der Waals surface area contributed by atoms with Crippen LogP contribution in [0.5, 0.6) is 0 Å². The van der Waals surface area contributed by atoms with Gasteiger partial charge in [0.1, 0.15) is 0 Å². The molecule has 6 nitrogen and oxygen atoms in total. The Morgan fingerprint density at radius 1 is 1.50 bits per heavy atom. The highest BCUT2D eigenvalue weighted by molar-refractivity contribution is 7.99. The number of nitrogens with zero attached hydrogens (tertiary/aromatic N) is 2. The van der Waals surface area contributed by atoms with Crippen LogP contribution in [-0.2, 0) is 16.6 Å². The second-order valence-corrected chi connectivity index (χ2v) is 7.22. The minimum Gasteiger partial charge on any atom is -0.316 e. The maximum Gasteiger partial charge on any atom is 0.260 e. The van der Waals surface area contributed by atoms with Gasteiger partial charge < -0.3 is 5.32 Å². The normalized spacial score (nSPS) is 18.7. The second kappa shape index (κ2) is 6.05. The van der Waals surface area contributed by atoms with Gasteiger partial charge in [0.05, 0.1) is 6.20 Å². The van der Waals surface area contributed by atoms with Crippen molar-refractivity contribution in [3.05, 3.63) is 11.8 Å². The summed E-state index contributed by atoms with van der Waals surface area (Å²) in [4.78, 5) is 0. The summed E-state index contributed by atoms with van der Waals surface area (Å²) >= 11 is 1.80. The number of nitrogens with one attached hydrogen (secondary N) is 2. The fourth-order valence-corrected chi connectivity index (χ4v) is 4.52. The fourth-order valence-electron chi connectivity index (χ4n) is 1.93. The van der Waals surface area contributed by atoms with E-state index in [0.29, 0.717) is 25.2 Å². The molecule has 0 saturated carbocycles. The van der Waals surface area contributed by atoms with Crippen molar-refractivity contribution in [2.45, 2.75) is 18.0 Å². The standard InChI is InChI=1S/C10H18N4O2S2/c1-11-7-9-8-12-13-10(9)18(15,16)14-3-2-5-17-6-4-14/h8,11H,2-7H2,1H3,(H,12,13). The van der Waals surface area contributed by atoms with E-state index in [9.17, 15) is 8.42 Å². The van der Waals surface area contributed by atoms with E-state index in [-0.39, 0.29) is 5.03 Å². The summed E-state index contributed by atoms with van der Waals surface area (Å²) < 4.78 is 26.6. The molecule has 1 saturated heterocycles. The average molecular weight is 290 g/mol. The first-order valence-electron chi connectivity index (χ1n) is 5.91. The number of sulfonamides is 1. The largest absolute Gasteiger partial charge is 0.316 e. The van der Waals surface area contributed by atoms with E-state index in [1.807, 2.05) is 0 Å². The molecular weight excluding hydrogens is 272 g/mol. The highest BCUT2D eigenvalue weighted by atomic mass is 32.2. The van der Waals surface area contributed by atoms with Crippen LogP contribution in [0.1, 0.15) is 12.0 Å². The highest BCUT2D eigenvalue weighted by Crippen LogP contribution is 2.20. The van der Waals surface area contributed by atoms with Crippen molar-refractivity contribution < 1.29 is 8.42 Å². The number of thioether (sulfide) groups is 1. The van der Waals surface area contributed by atoms with Crippen LogP contribution in [0.4, 0.5) is 0 Å². The van der Waals surface area contributed by atoms with Crippen LogP contribution < -0.4 is 5.32 Å². The summed E-state index contributed by atoms with van der Waals surface area (Å²) in [6, 6.07) is 0. The summed E-state index contributed by atoms with van der Waals surface area (Å²) in [6.45, 7) is 1.66. The molecule has 0 bridgehead atoms. The maximum absolute atomic E-state index is 12.5. The molecular formula is C10H18N4O2S2. The molecule has 1 aliphatic heterocycles. The van der Waals surface area contributed by atoms with Crippen molar-refractivity contribution in [1.82, 2.24) is 19.8 Å². The van der Waals surface area contributed by atoms with E-state index in [1.54, 1.807) is 29.3 Å². The number of hydrogen-bond acceptors (Lipinski definition) is 5. The molecule has 0 amide bonds. The van der Waals surface area contributed by atoms with E-state index in [4.69, 9.17) is 0 Å². The minimum atomic E-state index is -3.43. The average Bonchev–Trinajstić information content (AvgIpc) is 2.64. The van der Waals surface area contributed by atoms with Crippen molar-refractivity contribution in [1.29, 1.82) is 0 Å². The van der Waals surface area contributed by atoms with Gasteiger partial charge in [-0.05, 0) is 19.2 Å². The molecule has 0 radical (unpaired) electrons. The van der Waals surface area contributed by atoms with Crippen molar-refractivity contribution in [3.63, 3.8) is 0 Å². The number of hydrogen-bond donors (Lipinski definition) is 2. The molecule has 1 aliphatic rings. The lowest BCUT2D eigenvalue weighted by Gasteiger charge is -2.19. The van der Waals surface area contributed by atoms with Crippen LogP contribution in [0.2, 0.25) is 0 Å². The van der Waals surface area contributed by atoms with Gasteiger partial charge in [0.15, 0.2) is 5.03 Å². The number of rotatable bonds is 4. The fraction of sp³-hybridized carbons (Fsp3) is 0.700. The zero-order valence-corrected chi connectivity index (χ0v) is 12.0. The topological polar surface area (TPSA) is 78.1 Å². The lowest BCUT2D eigenvalue weighted by Crippen LogP contribution is -2.34. The van der Waals surface area contributed by atoms with Crippen LogP contribution in [0.3, 0.4) is 0 Å².